The summed E-state index contributed by atoms with van der Waals surface area (Å²) in [6.07, 6.45) is 9.19. The fourth-order valence-electron chi connectivity index (χ4n) is 3.70. The first-order valence-corrected chi connectivity index (χ1v) is 8.56. The number of rotatable bonds is 5. The zero-order valence-corrected chi connectivity index (χ0v) is 14.6. The average molecular weight is 331 g/mol. The molecule has 0 bridgehead atoms. The van der Waals surface area contributed by atoms with Crippen molar-refractivity contribution in [3.05, 3.63) is 48.1 Å². The molecule has 3 heterocycles. The number of pyridine rings is 1. The van der Waals surface area contributed by atoms with Gasteiger partial charge in [0.05, 0.1) is 24.3 Å². The number of nitrogens with zero attached hydrogens (tertiary/aromatic N) is 4. The van der Waals surface area contributed by atoms with Gasteiger partial charge in [-0.05, 0) is 50.9 Å². The van der Waals surface area contributed by atoms with Crippen molar-refractivity contribution in [2.24, 2.45) is 13.0 Å². The Labute approximate surface area is 142 Å². The molecule has 1 saturated heterocycles. The largest absolute Gasteiger partial charge is 0.336 e. The third-order valence-electron chi connectivity index (χ3n) is 5.08. The van der Waals surface area contributed by atoms with Crippen LogP contribution in [0.25, 0.3) is 0 Å². The van der Waals surface area contributed by atoms with Gasteiger partial charge in [0, 0.05) is 32.0 Å². The maximum Gasteiger partial charge on any atom is 0.141 e. The third kappa shape index (κ3) is 3.65. The van der Waals surface area contributed by atoms with Crippen molar-refractivity contribution in [3.8, 4) is 0 Å². The molecule has 1 fully saturated rings. The molecule has 0 spiro atoms. The van der Waals surface area contributed by atoms with Crippen molar-refractivity contribution in [1.29, 1.82) is 0 Å². The van der Waals surface area contributed by atoms with Gasteiger partial charge < -0.3 is 9.88 Å². The number of piperidine rings is 1. The van der Waals surface area contributed by atoms with Crippen LogP contribution in [0.2, 0.25) is 0 Å². The number of imidazole rings is 1. The number of aromatic nitrogens is 3. The molecule has 1 aliphatic heterocycles. The van der Waals surface area contributed by atoms with Gasteiger partial charge >= 0.3 is 0 Å². The fraction of sp³-hybridized carbons (Fsp3) is 0.556. The summed E-state index contributed by atoms with van der Waals surface area (Å²) in [5, 5.41) is 3.56. The minimum absolute atomic E-state index is 0.0765. The Bertz CT molecular complexity index is 671. The van der Waals surface area contributed by atoms with Crippen LogP contribution in [0.5, 0.6) is 0 Å². The van der Waals surface area contributed by atoms with Crippen LogP contribution in [0.1, 0.15) is 43.1 Å². The van der Waals surface area contributed by atoms with E-state index in [2.05, 4.69) is 45.8 Å². The van der Waals surface area contributed by atoms with Crippen molar-refractivity contribution >= 4 is 0 Å². The maximum absolute atomic E-state index is 13.4. The lowest BCUT2D eigenvalue weighted by atomic mass is 9.87. The summed E-state index contributed by atoms with van der Waals surface area (Å²) in [5.74, 6) is 0.217. The van der Waals surface area contributed by atoms with Crippen LogP contribution in [0.3, 0.4) is 0 Å². The van der Waals surface area contributed by atoms with E-state index in [1.807, 2.05) is 12.5 Å². The normalized spacial score (nSPS) is 23.3. The van der Waals surface area contributed by atoms with Crippen molar-refractivity contribution < 1.29 is 4.39 Å². The minimum atomic E-state index is -0.286. The van der Waals surface area contributed by atoms with E-state index < -0.39 is 0 Å². The first-order chi connectivity index (χ1) is 11.6. The molecule has 3 atom stereocenters. The highest BCUT2D eigenvalue weighted by Crippen LogP contribution is 2.34. The topological polar surface area (TPSA) is 46.0 Å². The van der Waals surface area contributed by atoms with E-state index in [9.17, 15) is 4.39 Å². The smallest absolute Gasteiger partial charge is 0.141 e. The Hall–Kier alpha value is -1.79. The molecule has 0 saturated carbocycles. The SMILES string of the molecule is CC(NC[C@@H]1CCCN(C)[C@H]1c1cncn1C)c1cncc(F)c1. The van der Waals surface area contributed by atoms with Gasteiger partial charge in [0.2, 0.25) is 0 Å². The van der Waals surface area contributed by atoms with Gasteiger partial charge in [-0.1, -0.05) is 0 Å². The summed E-state index contributed by atoms with van der Waals surface area (Å²) < 4.78 is 15.5. The number of nitrogens with one attached hydrogen (secondary N) is 1. The number of hydrogen-bond donors (Lipinski definition) is 1. The Morgan fingerprint density at radius 3 is 2.83 bits per heavy atom. The first-order valence-electron chi connectivity index (χ1n) is 8.56. The van der Waals surface area contributed by atoms with E-state index in [1.165, 1.54) is 24.7 Å². The summed E-state index contributed by atoms with van der Waals surface area (Å²) in [4.78, 5) is 10.6. The molecule has 6 heteroatoms. The van der Waals surface area contributed by atoms with Gasteiger partial charge in [-0.25, -0.2) is 9.37 Å². The van der Waals surface area contributed by atoms with E-state index in [4.69, 9.17) is 0 Å². The second-order valence-electron chi connectivity index (χ2n) is 6.82. The number of aryl methyl sites for hydroxylation is 1. The van der Waals surface area contributed by atoms with Crippen LogP contribution in [0, 0.1) is 11.7 Å². The molecule has 24 heavy (non-hydrogen) atoms. The summed E-state index contributed by atoms with van der Waals surface area (Å²) in [6.45, 7) is 4.05. The van der Waals surface area contributed by atoms with Crippen LogP contribution in [-0.4, -0.2) is 39.6 Å². The van der Waals surface area contributed by atoms with Gasteiger partial charge in [0.15, 0.2) is 0 Å². The zero-order chi connectivity index (χ0) is 17.1. The predicted octanol–water partition coefficient (Wildman–Crippen LogP) is 2.69. The molecule has 2 aromatic rings. The number of likely N-dealkylation sites (tertiary alicyclic amines) is 1. The number of halogens is 1. The van der Waals surface area contributed by atoms with Crippen molar-refractivity contribution in [3.63, 3.8) is 0 Å². The van der Waals surface area contributed by atoms with E-state index >= 15 is 0 Å². The average Bonchev–Trinajstić information content (AvgIpc) is 2.98. The molecular formula is C18H26FN5. The zero-order valence-electron chi connectivity index (χ0n) is 14.6. The van der Waals surface area contributed by atoms with Crippen molar-refractivity contribution in [2.75, 3.05) is 20.1 Å². The molecule has 1 aliphatic rings. The first kappa shape index (κ1) is 17.0. The van der Waals surface area contributed by atoms with Gasteiger partial charge in [-0.15, -0.1) is 0 Å². The molecule has 5 nitrogen and oxygen atoms in total. The van der Waals surface area contributed by atoms with Crippen LogP contribution in [0.15, 0.2) is 31.0 Å². The molecule has 1 N–H and O–H groups in total. The fourth-order valence-corrected chi connectivity index (χ4v) is 3.70. The van der Waals surface area contributed by atoms with E-state index in [0.29, 0.717) is 12.0 Å². The highest BCUT2D eigenvalue weighted by molar-refractivity contribution is 5.14. The molecule has 0 aliphatic carbocycles. The Morgan fingerprint density at radius 2 is 2.12 bits per heavy atom. The minimum Gasteiger partial charge on any atom is -0.336 e. The maximum atomic E-state index is 13.4. The quantitative estimate of drug-likeness (QED) is 0.915. The van der Waals surface area contributed by atoms with E-state index in [0.717, 1.165) is 18.7 Å². The second-order valence-corrected chi connectivity index (χ2v) is 6.82. The molecular weight excluding hydrogens is 305 g/mol. The standard InChI is InChI=1S/C18H26FN5/c1-13(15-7-16(19)10-20-8-15)22-9-14-5-4-6-23(2)18(14)17-11-21-12-24(17)3/h7-8,10-14,18,22H,4-6,9H2,1-3H3/t13?,14-,18+/m0/s1. The molecule has 130 valence electrons. The van der Waals surface area contributed by atoms with Crippen LogP contribution in [-0.2, 0) is 7.05 Å². The summed E-state index contributed by atoms with van der Waals surface area (Å²) in [5.41, 5.74) is 2.14. The lowest BCUT2D eigenvalue weighted by molar-refractivity contribution is 0.112. The summed E-state index contributed by atoms with van der Waals surface area (Å²) >= 11 is 0. The summed E-state index contributed by atoms with van der Waals surface area (Å²) in [7, 11) is 4.24. The van der Waals surface area contributed by atoms with Gasteiger partial charge in [0.25, 0.3) is 0 Å². The van der Waals surface area contributed by atoms with Crippen LogP contribution < -0.4 is 5.32 Å². The lowest BCUT2D eigenvalue weighted by Crippen LogP contribution is -2.41. The molecule has 1 unspecified atom stereocenters. The number of hydrogen-bond acceptors (Lipinski definition) is 4. The Morgan fingerprint density at radius 1 is 1.29 bits per heavy atom. The lowest BCUT2D eigenvalue weighted by Gasteiger charge is -2.39. The predicted molar refractivity (Wildman–Crippen MR) is 91.9 cm³/mol. The third-order valence-corrected chi connectivity index (χ3v) is 5.08. The molecule has 3 rings (SSSR count). The van der Waals surface area contributed by atoms with Crippen LogP contribution >= 0.6 is 0 Å². The van der Waals surface area contributed by atoms with E-state index in [1.54, 1.807) is 12.3 Å². The van der Waals surface area contributed by atoms with E-state index in [-0.39, 0.29) is 11.9 Å². The molecule has 2 aromatic heterocycles. The molecule has 0 radical (unpaired) electrons. The summed E-state index contributed by atoms with van der Waals surface area (Å²) in [6, 6.07) is 1.99. The van der Waals surface area contributed by atoms with Gasteiger partial charge in [0.1, 0.15) is 5.82 Å². The monoisotopic (exact) mass is 331 g/mol. The highest BCUT2D eigenvalue weighted by Gasteiger charge is 2.32. The second kappa shape index (κ2) is 7.40. The van der Waals surface area contributed by atoms with Gasteiger partial charge in [-0.2, -0.15) is 0 Å². The Kier molecular flexibility index (Phi) is 5.26. The van der Waals surface area contributed by atoms with Gasteiger partial charge in [-0.3, -0.25) is 9.88 Å². The van der Waals surface area contributed by atoms with Crippen molar-refractivity contribution in [2.45, 2.75) is 31.8 Å². The van der Waals surface area contributed by atoms with Crippen LogP contribution in [0.4, 0.5) is 4.39 Å². The van der Waals surface area contributed by atoms with Crippen molar-refractivity contribution in [1.82, 2.24) is 24.8 Å². The highest BCUT2D eigenvalue weighted by atomic mass is 19.1. The molecule has 0 aromatic carbocycles. The molecule has 0 amide bonds. The Balaban J connectivity index is 1.69.